The maximum absolute atomic E-state index is 11.9. The van der Waals surface area contributed by atoms with Gasteiger partial charge in [-0.15, -0.1) is 0 Å². The first-order valence-corrected chi connectivity index (χ1v) is 9.46. The Bertz CT molecular complexity index is 603. The zero-order valence-corrected chi connectivity index (χ0v) is 15.4. The number of aliphatic carboxylic acids is 1. The highest BCUT2D eigenvalue weighted by atomic mass is 16.5. The Labute approximate surface area is 154 Å². The van der Waals surface area contributed by atoms with E-state index in [0.717, 1.165) is 50.7 Å². The zero-order chi connectivity index (χ0) is 18.6. The third-order valence-corrected chi connectivity index (χ3v) is 5.55. The molecule has 7 nitrogen and oxygen atoms in total. The summed E-state index contributed by atoms with van der Waals surface area (Å²) in [6.45, 7) is 7.14. The van der Waals surface area contributed by atoms with Crippen LogP contribution in [0.15, 0.2) is 18.3 Å². The summed E-state index contributed by atoms with van der Waals surface area (Å²) in [4.78, 5) is 20.8. The van der Waals surface area contributed by atoms with Gasteiger partial charge < -0.3 is 19.8 Å². The summed E-state index contributed by atoms with van der Waals surface area (Å²) in [6, 6.07) is 4.02. The summed E-state index contributed by atoms with van der Waals surface area (Å²) in [5.41, 5.74) is 0.0342. The topological polar surface area (TPSA) is 86.1 Å². The van der Waals surface area contributed by atoms with E-state index in [1.807, 2.05) is 24.1 Å². The van der Waals surface area contributed by atoms with Crippen molar-refractivity contribution in [1.29, 1.82) is 0 Å². The second kappa shape index (κ2) is 8.33. The van der Waals surface area contributed by atoms with Crippen molar-refractivity contribution in [2.24, 2.45) is 5.41 Å². The van der Waals surface area contributed by atoms with Gasteiger partial charge in [-0.1, -0.05) is 19.4 Å². The molecule has 3 rings (SSSR count). The van der Waals surface area contributed by atoms with Gasteiger partial charge in [0.2, 0.25) is 0 Å². The van der Waals surface area contributed by atoms with Crippen LogP contribution in [0.25, 0.3) is 0 Å². The number of aliphatic hydroxyl groups excluding tert-OH is 1. The van der Waals surface area contributed by atoms with Crippen LogP contribution in [0.4, 0.5) is 5.82 Å². The first kappa shape index (κ1) is 19.1. The molecule has 2 fully saturated rings. The summed E-state index contributed by atoms with van der Waals surface area (Å²) in [6.07, 6.45) is 2.71. The van der Waals surface area contributed by atoms with Crippen LogP contribution >= 0.6 is 0 Å². The van der Waals surface area contributed by atoms with Crippen LogP contribution in [0.1, 0.15) is 31.7 Å². The molecule has 0 radical (unpaired) electrons. The van der Waals surface area contributed by atoms with Gasteiger partial charge in [0, 0.05) is 38.9 Å². The molecule has 0 aliphatic carbocycles. The number of aliphatic hydroxyl groups is 1. The molecular formula is C19H29N3O4. The van der Waals surface area contributed by atoms with Crippen molar-refractivity contribution in [3.63, 3.8) is 0 Å². The molecule has 2 aliphatic heterocycles. The third-order valence-electron chi connectivity index (χ3n) is 5.55. The minimum atomic E-state index is -1.11. The lowest BCUT2D eigenvalue weighted by atomic mass is 9.74. The lowest BCUT2D eigenvalue weighted by molar-refractivity contribution is -0.158. The number of carbonyl (C=O) groups is 1. The standard InChI is InChI=1S/C19H29N3O4/c1-2-6-19(18(24)25)14-22(7-5-16(19)23)17-4-3-15(12-20-17)13-21-8-10-26-11-9-21/h3-4,12,16,23H,2,5-11,13-14H2,1H3,(H,24,25)/t16-,19-/m1/s1. The maximum Gasteiger partial charge on any atom is 0.314 e. The summed E-state index contributed by atoms with van der Waals surface area (Å²) >= 11 is 0. The minimum Gasteiger partial charge on any atom is -0.481 e. The number of aromatic nitrogens is 1. The lowest BCUT2D eigenvalue weighted by Crippen LogP contribution is -2.56. The van der Waals surface area contributed by atoms with Gasteiger partial charge in [0.05, 0.1) is 19.3 Å². The summed E-state index contributed by atoms with van der Waals surface area (Å²) in [5, 5.41) is 20.1. The number of hydrogen-bond donors (Lipinski definition) is 2. The summed E-state index contributed by atoms with van der Waals surface area (Å²) in [7, 11) is 0. The molecule has 7 heteroatoms. The van der Waals surface area contributed by atoms with E-state index in [-0.39, 0.29) is 0 Å². The molecule has 26 heavy (non-hydrogen) atoms. The number of hydrogen-bond acceptors (Lipinski definition) is 6. The highest BCUT2D eigenvalue weighted by Crippen LogP contribution is 2.36. The van der Waals surface area contributed by atoms with E-state index < -0.39 is 17.5 Å². The van der Waals surface area contributed by atoms with E-state index in [4.69, 9.17) is 4.74 Å². The lowest BCUT2D eigenvalue weighted by Gasteiger charge is -2.43. The van der Waals surface area contributed by atoms with Crippen LogP contribution in [0, 0.1) is 5.41 Å². The van der Waals surface area contributed by atoms with Crippen LogP contribution in [0.2, 0.25) is 0 Å². The van der Waals surface area contributed by atoms with Gasteiger partial charge in [-0.25, -0.2) is 4.98 Å². The van der Waals surface area contributed by atoms with Gasteiger partial charge >= 0.3 is 5.97 Å². The van der Waals surface area contributed by atoms with Crippen molar-refractivity contribution in [2.75, 3.05) is 44.3 Å². The second-order valence-corrected chi connectivity index (χ2v) is 7.35. The van der Waals surface area contributed by atoms with E-state index in [9.17, 15) is 15.0 Å². The number of carboxylic acids is 1. The molecule has 2 aliphatic rings. The van der Waals surface area contributed by atoms with E-state index in [0.29, 0.717) is 25.9 Å². The van der Waals surface area contributed by atoms with E-state index >= 15 is 0 Å². The van der Waals surface area contributed by atoms with Gasteiger partial charge in [0.15, 0.2) is 0 Å². The number of rotatable bonds is 6. The Morgan fingerprint density at radius 2 is 2.12 bits per heavy atom. The number of piperidine rings is 1. The maximum atomic E-state index is 11.9. The smallest absolute Gasteiger partial charge is 0.314 e. The van der Waals surface area contributed by atoms with Crippen LogP contribution in [-0.4, -0.2) is 71.6 Å². The molecule has 0 bridgehead atoms. The number of nitrogens with zero attached hydrogens (tertiary/aromatic N) is 3. The van der Waals surface area contributed by atoms with Gasteiger partial charge in [-0.05, 0) is 24.5 Å². The Hall–Kier alpha value is -1.70. The third kappa shape index (κ3) is 4.00. The molecule has 0 spiro atoms. The fraction of sp³-hybridized carbons (Fsp3) is 0.684. The molecule has 0 unspecified atom stereocenters. The average Bonchev–Trinajstić information content (AvgIpc) is 2.65. The van der Waals surface area contributed by atoms with Gasteiger partial charge in [-0.2, -0.15) is 0 Å². The summed E-state index contributed by atoms with van der Waals surface area (Å²) < 4.78 is 5.37. The molecule has 1 aromatic rings. The molecule has 2 atom stereocenters. The van der Waals surface area contributed by atoms with Crippen molar-refractivity contribution in [2.45, 2.75) is 38.8 Å². The molecular weight excluding hydrogens is 334 g/mol. The first-order valence-electron chi connectivity index (χ1n) is 9.46. The quantitative estimate of drug-likeness (QED) is 0.789. The Morgan fingerprint density at radius 3 is 2.73 bits per heavy atom. The fourth-order valence-electron chi connectivity index (χ4n) is 4.00. The van der Waals surface area contributed by atoms with E-state index in [2.05, 4.69) is 16.0 Å². The van der Waals surface area contributed by atoms with Crippen molar-refractivity contribution in [1.82, 2.24) is 9.88 Å². The second-order valence-electron chi connectivity index (χ2n) is 7.35. The molecule has 144 valence electrons. The highest BCUT2D eigenvalue weighted by molar-refractivity contribution is 5.77. The van der Waals surface area contributed by atoms with Crippen LogP contribution < -0.4 is 4.90 Å². The van der Waals surface area contributed by atoms with Crippen LogP contribution in [0.3, 0.4) is 0 Å². The Morgan fingerprint density at radius 1 is 1.35 bits per heavy atom. The van der Waals surface area contributed by atoms with Crippen molar-refractivity contribution in [3.05, 3.63) is 23.9 Å². The molecule has 0 amide bonds. The number of ether oxygens (including phenoxy) is 1. The van der Waals surface area contributed by atoms with Crippen LogP contribution in [0.5, 0.6) is 0 Å². The van der Waals surface area contributed by atoms with E-state index in [1.165, 1.54) is 0 Å². The molecule has 1 aromatic heterocycles. The minimum absolute atomic E-state index is 0.299. The number of carboxylic acid groups (broad SMARTS) is 1. The number of anilines is 1. The van der Waals surface area contributed by atoms with E-state index in [1.54, 1.807) is 0 Å². The molecule has 2 saturated heterocycles. The largest absolute Gasteiger partial charge is 0.481 e. The molecule has 2 N–H and O–H groups in total. The molecule has 3 heterocycles. The van der Waals surface area contributed by atoms with Crippen molar-refractivity contribution in [3.8, 4) is 0 Å². The average molecular weight is 363 g/mol. The van der Waals surface area contributed by atoms with Crippen molar-refractivity contribution >= 4 is 11.8 Å². The predicted octanol–water partition coefficient (Wildman–Crippen LogP) is 1.36. The number of morpholine rings is 1. The predicted molar refractivity (Wildman–Crippen MR) is 98.1 cm³/mol. The monoisotopic (exact) mass is 363 g/mol. The van der Waals surface area contributed by atoms with Gasteiger partial charge in [-0.3, -0.25) is 9.69 Å². The van der Waals surface area contributed by atoms with Crippen LogP contribution in [-0.2, 0) is 16.1 Å². The number of pyridine rings is 1. The molecule has 0 aromatic carbocycles. The van der Waals surface area contributed by atoms with Crippen molar-refractivity contribution < 1.29 is 19.7 Å². The fourth-order valence-corrected chi connectivity index (χ4v) is 4.00. The SMILES string of the molecule is CCC[C@@]1(C(=O)O)CN(c2ccc(CN3CCOCC3)cn2)CC[C@H]1O. The van der Waals surface area contributed by atoms with Gasteiger partial charge in [0.1, 0.15) is 11.2 Å². The zero-order valence-electron chi connectivity index (χ0n) is 15.4. The first-order chi connectivity index (χ1) is 12.5. The summed E-state index contributed by atoms with van der Waals surface area (Å²) in [5.74, 6) is -0.134. The highest BCUT2D eigenvalue weighted by Gasteiger charge is 2.48. The normalized spacial score (nSPS) is 27.5. The van der Waals surface area contributed by atoms with Gasteiger partial charge in [0.25, 0.3) is 0 Å². The molecule has 0 saturated carbocycles. The Balaban J connectivity index is 1.69. The Kier molecular flexibility index (Phi) is 6.11.